The lowest BCUT2D eigenvalue weighted by atomic mass is 10.1. The van der Waals surface area contributed by atoms with Crippen molar-refractivity contribution in [2.45, 2.75) is 6.42 Å². The monoisotopic (exact) mass is 341 g/mol. The highest BCUT2D eigenvalue weighted by molar-refractivity contribution is 6.03. The van der Waals surface area contributed by atoms with Gasteiger partial charge < -0.3 is 19.7 Å². The summed E-state index contributed by atoms with van der Waals surface area (Å²) in [5.74, 6) is 0.854. The number of pyridine rings is 1. The molecule has 1 N–H and O–H groups in total. The van der Waals surface area contributed by atoms with Gasteiger partial charge in [-0.3, -0.25) is 9.59 Å². The number of anilines is 2. The van der Waals surface area contributed by atoms with Gasteiger partial charge in [-0.1, -0.05) is 6.07 Å². The molecule has 0 spiro atoms. The molecule has 130 valence electrons. The summed E-state index contributed by atoms with van der Waals surface area (Å²) in [5.41, 5.74) is 0.677. The zero-order chi connectivity index (χ0) is 17.8. The number of methoxy groups -OCH3 is 2. The lowest BCUT2D eigenvalue weighted by molar-refractivity contribution is -0.122. The van der Waals surface area contributed by atoms with Gasteiger partial charge in [0.25, 0.3) is 0 Å². The first-order chi connectivity index (χ1) is 12.1. The highest BCUT2D eigenvalue weighted by Gasteiger charge is 2.35. The van der Waals surface area contributed by atoms with E-state index in [0.29, 0.717) is 29.5 Å². The third kappa shape index (κ3) is 3.55. The predicted molar refractivity (Wildman–Crippen MR) is 92.9 cm³/mol. The van der Waals surface area contributed by atoms with Gasteiger partial charge in [-0.05, 0) is 24.3 Å². The minimum Gasteiger partial charge on any atom is -0.493 e. The van der Waals surface area contributed by atoms with E-state index in [1.54, 1.807) is 54.6 Å². The molecule has 1 unspecified atom stereocenters. The molecule has 0 radical (unpaired) electrons. The molecule has 2 amide bonds. The van der Waals surface area contributed by atoms with Crippen LogP contribution in [0, 0.1) is 5.92 Å². The molecular weight excluding hydrogens is 322 g/mol. The zero-order valence-corrected chi connectivity index (χ0v) is 14.1. The minimum atomic E-state index is -0.428. The van der Waals surface area contributed by atoms with Crippen molar-refractivity contribution in [1.82, 2.24) is 4.98 Å². The van der Waals surface area contributed by atoms with Crippen molar-refractivity contribution in [2.75, 3.05) is 31.0 Å². The Morgan fingerprint density at radius 2 is 2.00 bits per heavy atom. The molecule has 1 atom stereocenters. The summed E-state index contributed by atoms with van der Waals surface area (Å²) in [6.07, 6.45) is 1.76. The first-order valence-electron chi connectivity index (χ1n) is 7.86. The molecule has 1 aliphatic rings. The molecule has 2 heterocycles. The number of aromatic nitrogens is 1. The molecule has 0 aliphatic carbocycles. The number of carbonyl (C=O) groups is 2. The van der Waals surface area contributed by atoms with Crippen molar-refractivity contribution in [3.8, 4) is 11.5 Å². The topological polar surface area (TPSA) is 80.8 Å². The maximum atomic E-state index is 12.4. The van der Waals surface area contributed by atoms with Gasteiger partial charge in [0.1, 0.15) is 5.82 Å². The van der Waals surface area contributed by atoms with Crippen molar-refractivity contribution >= 4 is 23.3 Å². The van der Waals surface area contributed by atoms with Gasteiger partial charge in [0, 0.05) is 30.9 Å². The van der Waals surface area contributed by atoms with Crippen molar-refractivity contribution in [3.05, 3.63) is 42.6 Å². The Balaban J connectivity index is 1.73. The Morgan fingerprint density at radius 3 is 2.68 bits per heavy atom. The molecule has 1 saturated heterocycles. The molecule has 1 fully saturated rings. The van der Waals surface area contributed by atoms with Crippen LogP contribution in [0.2, 0.25) is 0 Å². The zero-order valence-electron chi connectivity index (χ0n) is 14.1. The van der Waals surface area contributed by atoms with Crippen LogP contribution < -0.4 is 19.7 Å². The molecule has 7 heteroatoms. The summed E-state index contributed by atoms with van der Waals surface area (Å²) >= 11 is 0. The van der Waals surface area contributed by atoms with Crippen LogP contribution in [0.1, 0.15) is 6.42 Å². The van der Waals surface area contributed by atoms with Gasteiger partial charge in [-0.2, -0.15) is 0 Å². The van der Waals surface area contributed by atoms with E-state index in [1.807, 2.05) is 0 Å². The second kappa shape index (κ2) is 7.21. The molecule has 1 aromatic heterocycles. The Kier molecular flexibility index (Phi) is 4.83. The van der Waals surface area contributed by atoms with Crippen LogP contribution in [0.5, 0.6) is 11.5 Å². The maximum Gasteiger partial charge on any atom is 0.230 e. The fourth-order valence-corrected chi connectivity index (χ4v) is 2.79. The number of ether oxygens (including phenoxy) is 2. The van der Waals surface area contributed by atoms with Crippen LogP contribution in [-0.2, 0) is 9.59 Å². The minimum absolute atomic E-state index is 0.103. The average molecular weight is 341 g/mol. The fourth-order valence-electron chi connectivity index (χ4n) is 2.79. The van der Waals surface area contributed by atoms with Gasteiger partial charge in [0.2, 0.25) is 11.8 Å². The first kappa shape index (κ1) is 16.8. The molecule has 7 nitrogen and oxygen atoms in total. The van der Waals surface area contributed by atoms with Gasteiger partial charge in [0.05, 0.1) is 20.1 Å². The number of benzene rings is 1. The lowest BCUT2D eigenvalue weighted by Gasteiger charge is -2.18. The second-order valence-corrected chi connectivity index (χ2v) is 5.65. The van der Waals surface area contributed by atoms with E-state index in [4.69, 9.17) is 9.47 Å². The van der Waals surface area contributed by atoms with E-state index >= 15 is 0 Å². The number of carbonyl (C=O) groups excluding carboxylic acids is 2. The van der Waals surface area contributed by atoms with Crippen LogP contribution in [0.3, 0.4) is 0 Å². The number of rotatable bonds is 5. The number of nitrogens with one attached hydrogen (secondary N) is 1. The van der Waals surface area contributed by atoms with E-state index in [9.17, 15) is 9.59 Å². The molecule has 25 heavy (non-hydrogen) atoms. The quantitative estimate of drug-likeness (QED) is 0.901. The molecule has 0 saturated carbocycles. The summed E-state index contributed by atoms with van der Waals surface area (Å²) in [4.78, 5) is 30.4. The summed E-state index contributed by atoms with van der Waals surface area (Å²) in [6.45, 7) is 0.312. The van der Waals surface area contributed by atoms with E-state index in [0.717, 1.165) is 0 Å². The SMILES string of the molecule is COc1ccc(N2CC(C(=O)Nc3ccccn3)CC2=O)cc1OC. The summed E-state index contributed by atoms with van der Waals surface area (Å²) in [6, 6.07) is 10.5. The highest BCUT2D eigenvalue weighted by Crippen LogP contribution is 2.34. The second-order valence-electron chi connectivity index (χ2n) is 5.65. The molecule has 1 aliphatic heterocycles. The standard InChI is InChI=1S/C18H19N3O4/c1-24-14-7-6-13(10-15(14)25-2)21-11-12(9-17(21)22)18(23)20-16-5-3-4-8-19-16/h3-8,10,12H,9,11H2,1-2H3,(H,19,20,23). The Hall–Kier alpha value is -3.09. The van der Waals surface area contributed by atoms with E-state index < -0.39 is 5.92 Å². The number of amides is 2. The lowest BCUT2D eigenvalue weighted by Crippen LogP contribution is -2.28. The summed E-state index contributed by atoms with van der Waals surface area (Å²) in [7, 11) is 3.09. The van der Waals surface area contributed by atoms with Crippen LogP contribution in [0.15, 0.2) is 42.6 Å². The van der Waals surface area contributed by atoms with Gasteiger partial charge >= 0.3 is 0 Å². The third-order valence-corrected chi connectivity index (χ3v) is 4.09. The number of hydrogen-bond donors (Lipinski definition) is 1. The number of hydrogen-bond acceptors (Lipinski definition) is 5. The smallest absolute Gasteiger partial charge is 0.230 e. The Morgan fingerprint density at radius 1 is 1.20 bits per heavy atom. The largest absolute Gasteiger partial charge is 0.493 e. The first-order valence-corrected chi connectivity index (χ1v) is 7.86. The molecule has 2 aromatic rings. The number of nitrogens with zero attached hydrogens (tertiary/aromatic N) is 2. The molecule has 3 rings (SSSR count). The van der Waals surface area contributed by atoms with Crippen LogP contribution >= 0.6 is 0 Å². The summed E-state index contributed by atoms with van der Waals surface area (Å²) in [5, 5.41) is 2.74. The van der Waals surface area contributed by atoms with E-state index in [-0.39, 0.29) is 18.2 Å². The predicted octanol–water partition coefficient (Wildman–Crippen LogP) is 2.09. The van der Waals surface area contributed by atoms with Crippen LogP contribution in [0.25, 0.3) is 0 Å². The summed E-state index contributed by atoms with van der Waals surface area (Å²) < 4.78 is 10.5. The Labute approximate surface area is 145 Å². The molecule has 1 aromatic carbocycles. The van der Waals surface area contributed by atoms with Gasteiger partial charge in [0.15, 0.2) is 11.5 Å². The fraction of sp³-hybridized carbons (Fsp3) is 0.278. The van der Waals surface area contributed by atoms with Crippen molar-refractivity contribution in [2.24, 2.45) is 5.92 Å². The molecule has 0 bridgehead atoms. The van der Waals surface area contributed by atoms with Crippen molar-refractivity contribution < 1.29 is 19.1 Å². The normalized spacial score (nSPS) is 16.6. The average Bonchev–Trinajstić information content (AvgIpc) is 3.04. The van der Waals surface area contributed by atoms with Crippen molar-refractivity contribution in [3.63, 3.8) is 0 Å². The van der Waals surface area contributed by atoms with Gasteiger partial charge in [-0.25, -0.2) is 4.98 Å². The van der Waals surface area contributed by atoms with Crippen LogP contribution in [-0.4, -0.2) is 37.6 Å². The molecular formula is C18H19N3O4. The van der Waals surface area contributed by atoms with Crippen LogP contribution in [0.4, 0.5) is 11.5 Å². The van der Waals surface area contributed by atoms with E-state index in [2.05, 4.69) is 10.3 Å². The highest BCUT2D eigenvalue weighted by atomic mass is 16.5. The van der Waals surface area contributed by atoms with E-state index in [1.165, 1.54) is 7.11 Å². The third-order valence-electron chi connectivity index (χ3n) is 4.09. The maximum absolute atomic E-state index is 12.4. The van der Waals surface area contributed by atoms with Crippen molar-refractivity contribution in [1.29, 1.82) is 0 Å². The van der Waals surface area contributed by atoms with Gasteiger partial charge in [-0.15, -0.1) is 0 Å². The Bertz CT molecular complexity index is 779.